The topological polar surface area (TPSA) is 92.7 Å². The first kappa shape index (κ1) is 22.1. The maximum Gasteiger partial charge on any atom is 0.333 e. The number of carbonyl (C=O) groups is 3. The zero-order valence-electron chi connectivity index (χ0n) is 15.7. The van der Waals surface area contributed by atoms with E-state index in [0.717, 1.165) is 5.57 Å². The number of hydrogen-bond acceptors (Lipinski definition) is 6. The number of carboxylic acids is 1. The van der Waals surface area contributed by atoms with Crippen molar-refractivity contribution in [3.63, 3.8) is 0 Å². The van der Waals surface area contributed by atoms with Crippen molar-refractivity contribution in [2.45, 2.75) is 34.1 Å². The number of carbonyl (C=O) groups excluding carboxylic acids is 3. The van der Waals surface area contributed by atoms with E-state index in [4.69, 9.17) is 4.74 Å². The SMILES string of the molecule is COC(=O)/C(C)=C(\C)CC(C)(C)C(=O)OCC[N+](C)(C)CC(=O)[O-]. The lowest BCUT2D eigenvalue weighted by Crippen LogP contribution is -2.50. The fourth-order valence-electron chi connectivity index (χ4n) is 2.20. The molecule has 0 atom stereocenters. The number of carboxylic acid groups (broad SMARTS) is 1. The quantitative estimate of drug-likeness (QED) is 0.339. The molecule has 7 nitrogen and oxygen atoms in total. The highest BCUT2D eigenvalue weighted by Gasteiger charge is 2.31. The Kier molecular flexibility index (Phi) is 8.13. The van der Waals surface area contributed by atoms with E-state index in [-0.39, 0.29) is 17.6 Å². The summed E-state index contributed by atoms with van der Waals surface area (Å²) in [5.74, 6) is -1.96. The molecule has 24 heavy (non-hydrogen) atoms. The lowest BCUT2D eigenvalue weighted by Gasteiger charge is -2.30. The lowest BCUT2D eigenvalue weighted by atomic mass is 9.84. The summed E-state index contributed by atoms with van der Waals surface area (Å²) in [4.78, 5) is 34.5. The lowest BCUT2D eigenvalue weighted by molar-refractivity contribution is -0.884. The van der Waals surface area contributed by atoms with Crippen molar-refractivity contribution >= 4 is 17.9 Å². The molecular formula is C17H29NO6. The molecule has 0 aromatic heterocycles. The average Bonchev–Trinajstić information content (AvgIpc) is 2.43. The Morgan fingerprint density at radius 3 is 2.12 bits per heavy atom. The number of esters is 2. The fraction of sp³-hybridized carbons (Fsp3) is 0.706. The fourth-order valence-corrected chi connectivity index (χ4v) is 2.20. The molecule has 0 aliphatic carbocycles. The van der Waals surface area contributed by atoms with Crippen molar-refractivity contribution in [3.8, 4) is 0 Å². The van der Waals surface area contributed by atoms with Crippen LogP contribution in [0.15, 0.2) is 11.1 Å². The van der Waals surface area contributed by atoms with Crippen molar-refractivity contribution in [1.82, 2.24) is 0 Å². The van der Waals surface area contributed by atoms with Gasteiger partial charge in [0.1, 0.15) is 19.7 Å². The van der Waals surface area contributed by atoms with Gasteiger partial charge in [-0.2, -0.15) is 0 Å². The zero-order chi connectivity index (χ0) is 19.1. The van der Waals surface area contributed by atoms with Crippen LogP contribution in [0.25, 0.3) is 0 Å². The van der Waals surface area contributed by atoms with Gasteiger partial charge in [-0.15, -0.1) is 0 Å². The van der Waals surface area contributed by atoms with Crippen LogP contribution in [-0.2, 0) is 23.9 Å². The molecule has 0 saturated heterocycles. The summed E-state index contributed by atoms with van der Waals surface area (Å²) in [5, 5.41) is 10.7. The minimum atomic E-state index is -1.15. The van der Waals surface area contributed by atoms with Crippen LogP contribution in [0.1, 0.15) is 34.1 Å². The minimum absolute atomic E-state index is 0.112. The van der Waals surface area contributed by atoms with Gasteiger partial charge in [0.2, 0.25) is 0 Å². The Balaban J connectivity index is 4.69. The molecule has 0 aliphatic heterocycles. The van der Waals surface area contributed by atoms with E-state index >= 15 is 0 Å². The largest absolute Gasteiger partial charge is 0.544 e. The van der Waals surface area contributed by atoms with Crippen LogP contribution >= 0.6 is 0 Å². The number of likely N-dealkylation sites (N-methyl/N-ethyl adjacent to an activating group) is 1. The highest BCUT2D eigenvalue weighted by Crippen LogP contribution is 2.28. The standard InChI is InChI=1S/C17H29NO6/c1-12(13(2)15(21)23-7)10-17(3,4)16(22)24-9-8-18(5,6)11-14(19)20/h8-11H2,1-7H3/b13-12+. The predicted molar refractivity (Wildman–Crippen MR) is 86.6 cm³/mol. The van der Waals surface area contributed by atoms with Crippen molar-refractivity contribution in [2.75, 3.05) is 40.9 Å². The molecule has 138 valence electrons. The molecule has 0 aromatic rings. The molecule has 0 spiro atoms. The molecule has 0 heterocycles. The Morgan fingerprint density at radius 1 is 1.12 bits per heavy atom. The van der Waals surface area contributed by atoms with Gasteiger partial charge in [-0.25, -0.2) is 4.79 Å². The Morgan fingerprint density at radius 2 is 1.67 bits per heavy atom. The summed E-state index contributed by atoms with van der Waals surface area (Å²) in [7, 11) is 4.76. The van der Waals surface area contributed by atoms with Gasteiger partial charge in [0, 0.05) is 5.57 Å². The van der Waals surface area contributed by atoms with Gasteiger partial charge in [0.25, 0.3) is 0 Å². The van der Waals surface area contributed by atoms with Crippen LogP contribution in [0.4, 0.5) is 0 Å². The van der Waals surface area contributed by atoms with Crippen LogP contribution in [0.5, 0.6) is 0 Å². The van der Waals surface area contributed by atoms with Crippen LogP contribution < -0.4 is 5.11 Å². The second-order valence-electron chi connectivity index (χ2n) is 7.28. The first-order chi connectivity index (χ1) is 10.8. The van der Waals surface area contributed by atoms with Gasteiger partial charge >= 0.3 is 11.9 Å². The van der Waals surface area contributed by atoms with Crippen LogP contribution in [0.3, 0.4) is 0 Å². The third kappa shape index (κ3) is 7.59. The maximum absolute atomic E-state index is 12.3. The summed E-state index contributed by atoms with van der Waals surface area (Å²) in [6.07, 6.45) is 0.365. The Labute approximate surface area is 143 Å². The minimum Gasteiger partial charge on any atom is -0.544 e. The van der Waals surface area contributed by atoms with Crippen molar-refractivity contribution in [2.24, 2.45) is 5.41 Å². The molecule has 0 unspecified atom stereocenters. The van der Waals surface area contributed by atoms with Crippen molar-refractivity contribution in [1.29, 1.82) is 0 Å². The second kappa shape index (κ2) is 8.82. The number of hydrogen-bond donors (Lipinski definition) is 0. The maximum atomic E-state index is 12.3. The smallest absolute Gasteiger partial charge is 0.333 e. The van der Waals surface area contributed by atoms with Gasteiger partial charge < -0.3 is 23.9 Å². The summed E-state index contributed by atoms with van der Waals surface area (Å²) < 4.78 is 10.1. The highest BCUT2D eigenvalue weighted by molar-refractivity contribution is 5.88. The number of methoxy groups -OCH3 is 1. The Hall–Kier alpha value is -1.89. The van der Waals surface area contributed by atoms with Crippen LogP contribution in [-0.4, -0.2) is 63.3 Å². The van der Waals surface area contributed by atoms with Gasteiger partial charge in [0.05, 0.1) is 32.6 Å². The number of rotatable bonds is 9. The van der Waals surface area contributed by atoms with E-state index in [1.165, 1.54) is 7.11 Å². The van der Waals surface area contributed by atoms with E-state index in [9.17, 15) is 19.5 Å². The van der Waals surface area contributed by atoms with Crippen LogP contribution in [0.2, 0.25) is 0 Å². The molecule has 7 heteroatoms. The van der Waals surface area contributed by atoms with Crippen LogP contribution in [0, 0.1) is 5.41 Å². The first-order valence-electron chi connectivity index (χ1n) is 7.76. The van der Waals surface area contributed by atoms with E-state index in [0.29, 0.717) is 18.5 Å². The molecule has 0 amide bonds. The summed E-state index contributed by atoms with van der Waals surface area (Å²) in [5.41, 5.74) is 0.437. The molecule has 0 saturated carbocycles. The predicted octanol–water partition coefficient (Wildman–Crippen LogP) is 0.282. The Bertz CT molecular complexity index is 519. The van der Waals surface area contributed by atoms with Crippen molar-refractivity contribution < 1.29 is 33.4 Å². The molecular weight excluding hydrogens is 314 g/mol. The van der Waals surface area contributed by atoms with Gasteiger partial charge in [0.15, 0.2) is 0 Å². The van der Waals surface area contributed by atoms with Gasteiger partial charge in [-0.1, -0.05) is 5.57 Å². The monoisotopic (exact) mass is 343 g/mol. The van der Waals surface area contributed by atoms with E-state index in [1.807, 2.05) is 0 Å². The molecule has 0 bridgehead atoms. The normalized spacial score (nSPS) is 13.1. The van der Waals surface area contributed by atoms with E-state index in [2.05, 4.69) is 4.74 Å². The third-order valence-electron chi connectivity index (χ3n) is 3.88. The molecule has 0 aliphatic rings. The summed E-state index contributed by atoms with van der Waals surface area (Å²) in [6, 6.07) is 0. The number of aliphatic carboxylic acids is 1. The molecule has 0 fully saturated rings. The average molecular weight is 343 g/mol. The highest BCUT2D eigenvalue weighted by atomic mass is 16.5. The number of allylic oxidation sites excluding steroid dienone is 1. The molecule has 0 radical (unpaired) electrons. The van der Waals surface area contributed by atoms with Gasteiger partial charge in [-0.3, -0.25) is 4.79 Å². The number of quaternary nitrogens is 1. The van der Waals surface area contributed by atoms with E-state index < -0.39 is 23.3 Å². The summed E-state index contributed by atoms with van der Waals surface area (Å²) >= 11 is 0. The summed E-state index contributed by atoms with van der Waals surface area (Å²) in [6.45, 7) is 7.24. The molecule has 0 aromatic carbocycles. The van der Waals surface area contributed by atoms with Gasteiger partial charge in [-0.05, 0) is 34.1 Å². The molecule has 0 rings (SSSR count). The number of nitrogens with zero attached hydrogens (tertiary/aromatic N) is 1. The number of ether oxygens (including phenoxy) is 2. The first-order valence-corrected chi connectivity index (χ1v) is 7.76. The zero-order valence-corrected chi connectivity index (χ0v) is 15.7. The van der Waals surface area contributed by atoms with E-state index in [1.54, 1.807) is 41.8 Å². The third-order valence-corrected chi connectivity index (χ3v) is 3.88. The van der Waals surface area contributed by atoms with Crippen molar-refractivity contribution in [3.05, 3.63) is 11.1 Å². The second-order valence-corrected chi connectivity index (χ2v) is 7.28. The molecule has 0 N–H and O–H groups in total.